The van der Waals surface area contributed by atoms with Gasteiger partial charge in [0.15, 0.2) is 0 Å². The maximum Gasteiger partial charge on any atom is 4.00 e. The molecule has 15 atom stereocenters. The first-order valence-electron chi connectivity index (χ1n) is 41.0. The van der Waals surface area contributed by atoms with E-state index in [2.05, 4.69) is 211 Å². The van der Waals surface area contributed by atoms with E-state index in [1.807, 2.05) is 0 Å². The predicted octanol–water partition coefficient (Wildman–Crippen LogP) is 34.3. The standard InChI is InChI=1S/C19H28.C16H24.C13H18.C13H20.3C10H20.16CH3.3Hf.Zr/c1-3-7-18-14(5-1)9-11-16(18)13-17-12-10-15-6-2-4-8-19(15)17;1-11(2)8-14-6-7-15-9-12-4-3-5-13(12)10-16(14)15;1-9-5-6-12-7-10-3-2-4-11(10)8-13(9)12;1-10(2)9-12-8-7-11-5-3-4-6-13(11)12;3*1-6-7(2)9(4)10(5)8(6)3;;;;;;;;;;;;;;;;;;;;/h1,3,5,7,14-19H,2,4,6,8-13H2;9-11,14-16H,3-8H2,1-2H3;7-9,12-13H,2-6H2,1H3;3-6,10-13H,7-9H2,1-2H3;3*6-10H,1-5H3;16*1H3;;;;/q;;;;;;;16*-1;4*+4. The summed E-state index contributed by atoms with van der Waals surface area (Å²) in [5, 5.41) is 0. The van der Waals surface area contributed by atoms with E-state index >= 15 is 0 Å². The number of fused-ring (bicyclic) bond motifs is 7. The minimum atomic E-state index is 0. The van der Waals surface area contributed by atoms with Gasteiger partial charge in [-0.25, -0.2) is 0 Å². The molecular formula is C107H198Hf3Zr. The Morgan fingerprint density at radius 1 is 0.261 bits per heavy atom. The monoisotopic (exact) mass is 2110 g/mol. The molecular weight excluding hydrogens is 1910 g/mol. The van der Waals surface area contributed by atoms with Crippen LogP contribution in [-0.4, -0.2) is 0 Å². The van der Waals surface area contributed by atoms with E-state index in [0.717, 1.165) is 189 Å². The fourth-order valence-corrected chi connectivity index (χ4v) is 23.6. The van der Waals surface area contributed by atoms with Crippen LogP contribution in [0.3, 0.4) is 0 Å². The quantitative estimate of drug-likeness (QED) is 0.184. The summed E-state index contributed by atoms with van der Waals surface area (Å²) in [4.78, 5) is 0. The second-order valence-corrected chi connectivity index (χ2v) is 37.0. The molecule has 15 aliphatic rings. The Hall–Kier alpha value is 1.41. The SMILES string of the molecule is C1=CC2CCC(CC3CCC4CCCCC43)C2C=C1.CC(C)CC1CCC2C=C3CCCC3=CC21.CC(C)CC1CCC2C=CC=CC21.CC1C(C)C(C)C(C)C1C.CC1C(C)C(C)C(C)C1C.CC1C(C)C(C)C(C)C1C.CC1CCC2C=C3CCCC3=CC12.[CH3-].[CH3-].[CH3-].[CH3-].[CH3-].[CH3-].[CH3-].[CH3-].[CH3-].[CH3-].[CH3-].[CH3-].[CH3-].[CH3-].[CH3-].[CH3-].[Hf+4].[Hf+4].[Hf+4].[Zr+4]. The maximum absolute atomic E-state index is 2.67. The van der Waals surface area contributed by atoms with Crippen molar-refractivity contribution in [3.8, 4) is 0 Å². The predicted molar refractivity (Wildman–Crippen MR) is 503 cm³/mol. The summed E-state index contributed by atoms with van der Waals surface area (Å²) in [6, 6.07) is 0. The molecule has 0 N–H and O–H groups in total. The Morgan fingerprint density at radius 2 is 0.532 bits per heavy atom. The van der Waals surface area contributed by atoms with Gasteiger partial charge in [0.05, 0.1) is 0 Å². The van der Waals surface area contributed by atoms with Gasteiger partial charge in [0.1, 0.15) is 0 Å². The summed E-state index contributed by atoms with van der Waals surface area (Å²) in [6.07, 6.45) is 63.0. The third-order valence-electron chi connectivity index (χ3n) is 31.7. The molecule has 0 amide bonds. The smallest absolute Gasteiger partial charge is 0.358 e. The summed E-state index contributed by atoms with van der Waals surface area (Å²) < 4.78 is 0. The Labute approximate surface area is 785 Å². The Bertz CT molecular complexity index is 2320. The molecule has 111 heavy (non-hydrogen) atoms. The van der Waals surface area contributed by atoms with Gasteiger partial charge in [-0.05, 0) is 340 Å². The summed E-state index contributed by atoms with van der Waals surface area (Å²) in [5.74, 6) is 30.1. The fraction of sp³-hybridized carbons (Fsp3) is 0.701. The van der Waals surface area contributed by atoms with Gasteiger partial charge in [-0.3, -0.25) is 0 Å². The van der Waals surface area contributed by atoms with Crippen LogP contribution in [0.1, 0.15) is 286 Å². The largest absolute Gasteiger partial charge is 4.00 e. The van der Waals surface area contributed by atoms with Crippen molar-refractivity contribution < 1.29 is 104 Å². The van der Waals surface area contributed by atoms with Crippen molar-refractivity contribution in [2.75, 3.05) is 0 Å². The minimum Gasteiger partial charge on any atom is -0.358 e. The molecule has 11 saturated carbocycles. The summed E-state index contributed by atoms with van der Waals surface area (Å²) in [5.41, 5.74) is 6.84. The normalized spacial score (nSPS) is 37.9. The van der Waals surface area contributed by atoms with Crippen LogP contribution in [0.5, 0.6) is 0 Å². The fourth-order valence-electron chi connectivity index (χ4n) is 23.6. The molecule has 15 rings (SSSR count). The molecule has 15 aliphatic carbocycles. The molecule has 0 aromatic heterocycles. The zero-order chi connectivity index (χ0) is 65.5. The second kappa shape index (κ2) is 65.1. The van der Waals surface area contributed by atoms with Crippen molar-refractivity contribution >= 4 is 0 Å². The molecule has 15 unspecified atom stereocenters. The van der Waals surface area contributed by atoms with Gasteiger partial charge in [-0.1, -0.05) is 231 Å². The van der Waals surface area contributed by atoms with E-state index in [9.17, 15) is 0 Å². The molecule has 0 heterocycles. The van der Waals surface area contributed by atoms with Gasteiger partial charge in [0, 0.05) is 0 Å². The van der Waals surface area contributed by atoms with E-state index in [0.29, 0.717) is 0 Å². The number of rotatable bonds is 6. The third kappa shape index (κ3) is 34.9. The first kappa shape index (κ1) is 138. The van der Waals surface area contributed by atoms with Crippen molar-refractivity contribution in [3.05, 3.63) is 214 Å². The first-order chi connectivity index (χ1) is 43.4. The number of allylic oxidation sites excluding steroid dienone is 16. The zero-order valence-electron chi connectivity index (χ0n) is 81.7. The molecule has 0 radical (unpaired) electrons. The Morgan fingerprint density at radius 3 is 0.892 bits per heavy atom. The number of hydrogen-bond acceptors (Lipinski definition) is 0. The summed E-state index contributed by atoms with van der Waals surface area (Å²) >= 11 is 0. The van der Waals surface area contributed by atoms with Crippen LogP contribution in [0.2, 0.25) is 0 Å². The van der Waals surface area contributed by atoms with Crippen molar-refractivity contribution in [1.29, 1.82) is 0 Å². The summed E-state index contributed by atoms with van der Waals surface area (Å²) in [7, 11) is 0. The topological polar surface area (TPSA) is 0 Å². The molecule has 0 saturated heterocycles. The third-order valence-corrected chi connectivity index (χ3v) is 31.7. The van der Waals surface area contributed by atoms with E-state index in [1.165, 1.54) is 116 Å². The van der Waals surface area contributed by atoms with Crippen LogP contribution in [-0.2, 0) is 104 Å². The summed E-state index contributed by atoms with van der Waals surface area (Å²) in [6.45, 7) is 47.8. The first-order valence-corrected chi connectivity index (χ1v) is 41.0. The molecule has 0 nitrogen and oxygen atoms in total. The van der Waals surface area contributed by atoms with E-state index in [-0.39, 0.29) is 223 Å². The molecule has 0 aromatic rings. The number of hydrogen-bond donors (Lipinski definition) is 0. The van der Waals surface area contributed by atoms with E-state index < -0.39 is 0 Å². The van der Waals surface area contributed by atoms with Crippen molar-refractivity contribution in [1.82, 2.24) is 0 Å². The minimum absolute atomic E-state index is 0. The van der Waals surface area contributed by atoms with Crippen molar-refractivity contribution in [3.63, 3.8) is 0 Å². The average Bonchev–Trinajstić information content (AvgIpc) is 1.66. The molecule has 0 aliphatic heterocycles. The Balaban J connectivity index is -0.000000101. The van der Waals surface area contributed by atoms with Crippen LogP contribution in [0.25, 0.3) is 0 Å². The molecule has 0 spiro atoms. The van der Waals surface area contributed by atoms with Gasteiger partial charge < -0.3 is 119 Å². The van der Waals surface area contributed by atoms with Crippen molar-refractivity contribution in [2.45, 2.75) is 286 Å². The van der Waals surface area contributed by atoms with Gasteiger partial charge >= 0.3 is 104 Å². The van der Waals surface area contributed by atoms with Crippen LogP contribution in [0.15, 0.2) is 95.2 Å². The van der Waals surface area contributed by atoms with Crippen LogP contribution < -0.4 is 0 Å². The molecule has 0 aromatic carbocycles. The molecule has 642 valence electrons. The van der Waals surface area contributed by atoms with Gasteiger partial charge in [-0.15, -0.1) is 0 Å². The van der Waals surface area contributed by atoms with E-state index in [1.54, 1.807) is 54.4 Å². The van der Waals surface area contributed by atoms with Crippen molar-refractivity contribution in [2.24, 2.45) is 189 Å². The molecule has 11 fully saturated rings. The van der Waals surface area contributed by atoms with Gasteiger partial charge in [0.2, 0.25) is 0 Å². The molecule has 0 bridgehead atoms. The maximum atomic E-state index is 2.67. The van der Waals surface area contributed by atoms with E-state index in [4.69, 9.17) is 0 Å². The Kier molecular flexibility index (Phi) is 81.2. The molecule has 4 heteroatoms. The van der Waals surface area contributed by atoms with Crippen LogP contribution in [0.4, 0.5) is 0 Å². The van der Waals surface area contributed by atoms with Crippen LogP contribution >= 0.6 is 0 Å². The average molecular weight is 2110 g/mol. The second-order valence-electron chi connectivity index (χ2n) is 37.0. The van der Waals surface area contributed by atoms with Crippen LogP contribution in [0, 0.1) is 308 Å². The van der Waals surface area contributed by atoms with Gasteiger partial charge in [0.25, 0.3) is 0 Å². The zero-order valence-corrected chi connectivity index (χ0v) is 94.9. The van der Waals surface area contributed by atoms with Gasteiger partial charge in [-0.2, -0.15) is 0 Å².